The largest absolute Gasteiger partial charge is 0.389 e. The van der Waals surface area contributed by atoms with Gasteiger partial charge in [0.05, 0.1) is 18.8 Å². The lowest BCUT2D eigenvalue weighted by Crippen LogP contribution is -2.61. The summed E-state index contributed by atoms with van der Waals surface area (Å²) in [6.45, 7) is 7.36. The van der Waals surface area contributed by atoms with Crippen molar-refractivity contribution in [3.8, 4) is 0 Å². The number of rotatable bonds is 3. The van der Waals surface area contributed by atoms with Gasteiger partial charge in [-0.2, -0.15) is 0 Å². The zero-order valence-corrected chi connectivity index (χ0v) is 17.7. The van der Waals surface area contributed by atoms with Crippen LogP contribution in [0.5, 0.6) is 0 Å². The van der Waals surface area contributed by atoms with Crippen LogP contribution in [0.15, 0.2) is 24.3 Å². The van der Waals surface area contributed by atoms with Crippen molar-refractivity contribution in [2.45, 2.75) is 25.0 Å². The van der Waals surface area contributed by atoms with Gasteiger partial charge in [-0.05, 0) is 30.5 Å². The molecular weight excluding hydrogens is 368 g/mol. The molecule has 3 fully saturated rings. The van der Waals surface area contributed by atoms with E-state index in [-0.39, 0.29) is 11.9 Å². The summed E-state index contributed by atoms with van der Waals surface area (Å²) in [4.78, 5) is 20.7. The standard InChI is InChI=1S/C22H34N4O3/c1-23(2)21(27)26-9-7-22(28)6-8-24(16-19(22)17-26)15-18-4-3-5-20(14-18)25-10-12-29-13-11-25/h3-5,14,19,28H,6-13,15-17H2,1-2H3. The van der Waals surface area contributed by atoms with E-state index in [0.29, 0.717) is 19.5 Å². The molecule has 0 spiro atoms. The Labute approximate surface area is 173 Å². The molecule has 29 heavy (non-hydrogen) atoms. The van der Waals surface area contributed by atoms with E-state index >= 15 is 0 Å². The maximum Gasteiger partial charge on any atom is 0.319 e. The molecule has 3 aliphatic heterocycles. The molecule has 160 valence electrons. The number of morpholine rings is 1. The number of hydrogen-bond donors (Lipinski definition) is 1. The van der Waals surface area contributed by atoms with E-state index in [9.17, 15) is 9.90 Å². The highest BCUT2D eigenvalue weighted by Crippen LogP contribution is 2.36. The molecule has 3 aliphatic rings. The summed E-state index contributed by atoms with van der Waals surface area (Å²) in [5.74, 6) is 0.108. The van der Waals surface area contributed by atoms with Crippen LogP contribution in [0, 0.1) is 5.92 Å². The Morgan fingerprint density at radius 2 is 1.93 bits per heavy atom. The number of amides is 2. The van der Waals surface area contributed by atoms with Crippen LogP contribution in [0.3, 0.4) is 0 Å². The summed E-state index contributed by atoms with van der Waals surface area (Å²) < 4.78 is 5.47. The third-order valence-electron chi connectivity index (χ3n) is 6.70. The van der Waals surface area contributed by atoms with Gasteiger partial charge in [0.2, 0.25) is 0 Å². The molecule has 2 unspecified atom stereocenters. The van der Waals surface area contributed by atoms with Crippen molar-refractivity contribution < 1.29 is 14.6 Å². The highest BCUT2D eigenvalue weighted by atomic mass is 16.5. The van der Waals surface area contributed by atoms with Gasteiger partial charge in [-0.15, -0.1) is 0 Å². The van der Waals surface area contributed by atoms with Crippen molar-refractivity contribution in [2.24, 2.45) is 5.92 Å². The van der Waals surface area contributed by atoms with E-state index < -0.39 is 5.60 Å². The first-order chi connectivity index (χ1) is 13.9. The molecule has 0 radical (unpaired) electrons. The van der Waals surface area contributed by atoms with Crippen LogP contribution < -0.4 is 4.90 Å². The number of urea groups is 1. The molecule has 3 saturated heterocycles. The predicted octanol–water partition coefficient (Wildman–Crippen LogP) is 1.46. The Bertz CT molecular complexity index is 722. The molecule has 0 aliphatic carbocycles. The van der Waals surface area contributed by atoms with Crippen molar-refractivity contribution in [3.63, 3.8) is 0 Å². The normalized spacial score (nSPS) is 28.2. The fraction of sp³-hybridized carbons (Fsp3) is 0.682. The third kappa shape index (κ3) is 4.52. The second-order valence-electron chi connectivity index (χ2n) is 8.93. The summed E-state index contributed by atoms with van der Waals surface area (Å²) in [5.41, 5.74) is 1.94. The van der Waals surface area contributed by atoms with Crippen LogP contribution in [0.4, 0.5) is 10.5 Å². The number of benzene rings is 1. The van der Waals surface area contributed by atoms with E-state index in [1.54, 1.807) is 19.0 Å². The number of carbonyl (C=O) groups is 1. The lowest BCUT2D eigenvalue weighted by Gasteiger charge is -2.50. The van der Waals surface area contributed by atoms with Crippen LogP contribution in [0.2, 0.25) is 0 Å². The fourth-order valence-corrected chi connectivity index (χ4v) is 4.90. The molecule has 0 saturated carbocycles. The van der Waals surface area contributed by atoms with Gasteiger partial charge >= 0.3 is 6.03 Å². The minimum Gasteiger partial charge on any atom is -0.389 e. The Balaban J connectivity index is 1.40. The number of nitrogens with zero attached hydrogens (tertiary/aromatic N) is 4. The summed E-state index contributed by atoms with van der Waals surface area (Å²) >= 11 is 0. The number of piperidine rings is 2. The summed E-state index contributed by atoms with van der Waals surface area (Å²) in [6, 6.07) is 8.83. The first-order valence-electron chi connectivity index (χ1n) is 10.8. The van der Waals surface area contributed by atoms with E-state index in [1.165, 1.54) is 11.3 Å². The Morgan fingerprint density at radius 3 is 2.69 bits per heavy atom. The monoisotopic (exact) mass is 402 g/mol. The van der Waals surface area contributed by atoms with Gasteiger partial charge in [-0.1, -0.05) is 12.1 Å². The van der Waals surface area contributed by atoms with Crippen molar-refractivity contribution in [3.05, 3.63) is 29.8 Å². The third-order valence-corrected chi connectivity index (χ3v) is 6.70. The van der Waals surface area contributed by atoms with Crippen LogP contribution in [0.25, 0.3) is 0 Å². The maximum atomic E-state index is 12.4. The van der Waals surface area contributed by atoms with Crippen molar-refractivity contribution in [1.29, 1.82) is 0 Å². The average Bonchev–Trinajstić information content (AvgIpc) is 2.74. The summed E-state index contributed by atoms with van der Waals surface area (Å²) in [6.07, 6.45) is 1.46. The summed E-state index contributed by atoms with van der Waals surface area (Å²) in [7, 11) is 3.58. The number of ether oxygens (including phenoxy) is 1. The summed E-state index contributed by atoms with van der Waals surface area (Å²) in [5, 5.41) is 11.1. The second kappa shape index (κ2) is 8.50. The molecule has 0 bridgehead atoms. The average molecular weight is 403 g/mol. The van der Waals surface area contributed by atoms with Crippen LogP contribution >= 0.6 is 0 Å². The van der Waals surface area contributed by atoms with Gasteiger partial charge in [0.15, 0.2) is 0 Å². The highest BCUT2D eigenvalue weighted by Gasteiger charge is 2.46. The molecule has 3 heterocycles. The Morgan fingerprint density at radius 1 is 1.17 bits per heavy atom. The topological polar surface area (TPSA) is 59.5 Å². The molecule has 2 amide bonds. The molecular formula is C22H34N4O3. The van der Waals surface area contributed by atoms with Crippen LogP contribution in [-0.2, 0) is 11.3 Å². The molecule has 1 aromatic rings. The predicted molar refractivity (Wildman–Crippen MR) is 113 cm³/mol. The van der Waals surface area contributed by atoms with E-state index in [4.69, 9.17) is 4.74 Å². The van der Waals surface area contributed by atoms with Gasteiger partial charge in [0.25, 0.3) is 0 Å². The maximum absolute atomic E-state index is 12.4. The first-order valence-corrected chi connectivity index (χ1v) is 10.8. The van der Waals surface area contributed by atoms with Gasteiger partial charge in [0.1, 0.15) is 0 Å². The number of fused-ring (bicyclic) bond motifs is 1. The number of anilines is 1. The van der Waals surface area contributed by atoms with Gasteiger partial charge < -0.3 is 24.5 Å². The molecule has 0 aromatic heterocycles. The van der Waals surface area contributed by atoms with Gasteiger partial charge in [-0.25, -0.2) is 4.79 Å². The lowest BCUT2D eigenvalue weighted by atomic mass is 9.75. The smallest absolute Gasteiger partial charge is 0.319 e. The van der Waals surface area contributed by atoms with Crippen molar-refractivity contribution in [1.82, 2.24) is 14.7 Å². The van der Waals surface area contributed by atoms with Crippen LogP contribution in [-0.4, -0.2) is 98.0 Å². The van der Waals surface area contributed by atoms with E-state index in [2.05, 4.69) is 34.1 Å². The molecule has 7 nitrogen and oxygen atoms in total. The number of aliphatic hydroxyl groups is 1. The molecule has 1 N–H and O–H groups in total. The SMILES string of the molecule is CN(C)C(=O)N1CCC2(O)CCN(Cc3cccc(N4CCOCC4)c3)CC2C1. The molecule has 1 aromatic carbocycles. The van der Waals surface area contributed by atoms with E-state index in [1.807, 2.05) is 4.90 Å². The lowest BCUT2D eigenvalue weighted by molar-refractivity contribution is -0.108. The van der Waals surface area contributed by atoms with Crippen molar-refractivity contribution >= 4 is 11.7 Å². The van der Waals surface area contributed by atoms with E-state index in [0.717, 1.165) is 52.4 Å². The quantitative estimate of drug-likeness (QED) is 0.830. The number of carbonyl (C=O) groups excluding carboxylic acids is 1. The van der Waals surface area contributed by atoms with Gasteiger partial charge in [0, 0.05) is 71.5 Å². The van der Waals surface area contributed by atoms with Crippen molar-refractivity contribution in [2.75, 3.05) is 71.5 Å². The minimum atomic E-state index is -0.630. The highest BCUT2D eigenvalue weighted by molar-refractivity contribution is 5.74. The fourth-order valence-electron chi connectivity index (χ4n) is 4.90. The second-order valence-corrected chi connectivity index (χ2v) is 8.93. The minimum absolute atomic E-state index is 0.0439. The molecule has 4 rings (SSSR count). The Hall–Kier alpha value is -1.83. The number of likely N-dealkylation sites (tertiary alicyclic amines) is 2. The number of hydrogen-bond acceptors (Lipinski definition) is 5. The zero-order valence-electron chi connectivity index (χ0n) is 17.7. The zero-order chi connectivity index (χ0) is 20.4. The van der Waals surface area contributed by atoms with Crippen LogP contribution in [0.1, 0.15) is 18.4 Å². The first kappa shape index (κ1) is 20.4. The Kier molecular flexibility index (Phi) is 5.99. The van der Waals surface area contributed by atoms with Gasteiger partial charge in [-0.3, -0.25) is 4.90 Å². The molecule has 7 heteroatoms. The molecule has 2 atom stereocenters.